The second-order valence-corrected chi connectivity index (χ2v) is 11.1. The van der Waals surface area contributed by atoms with Gasteiger partial charge in [0.15, 0.2) is 0 Å². The lowest BCUT2D eigenvalue weighted by molar-refractivity contribution is -0.141. The number of esters is 2. The zero-order valence-electron chi connectivity index (χ0n) is 22.4. The van der Waals surface area contributed by atoms with E-state index in [0.29, 0.717) is 30.5 Å². The number of ether oxygens (including phenoxy) is 2. The molecule has 9 heteroatoms. The molecule has 4 rings (SSSR count). The van der Waals surface area contributed by atoms with Crippen LogP contribution in [0.25, 0.3) is 0 Å². The highest BCUT2D eigenvalue weighted by Gasteiger charge is 2.61. The molecule has 0 bridgehead atoms. The van der Waals surface area contributed by atoms with Gasteiger partial charge in [-0.05, 0) is 64.8 Å². The third-order valence-corrected chi connectivity index (χ3v) is 7.29. The van der Waals surface area contributed by atoms with Crippen molar-refractivity contribution in [3.8, 4) is 0 Å². The molecule has 38 heavy (non-hydrogen) atoms. The number of amides is 3. The van der Waals surface area contributed by atoms with E-state index in [2.05, 4.69) is 10.2 Å². The summed E-state index contributed by atoms with van der Waals surface area (Å²) in [5.74, 6) is -1.19. The molecule has 9 nitrogen and oxygen atoms in total. The first kappa shape index (κ1) is 27.3. The molecule has 2 aromatic carbocycles. The van der Waals surface area contributed by atoms with Gasteiger partial charge in [0.25, 0.3) is 5.91 Å². The molecule has 0 atom stereocenters. The number of benzene rings is 2. The molecular formula is C29H35N3O6. The standard InChI is InChI=1S/C29H35N3O6/c1-27(2)19-29(20-28(3,4)32(27)16-18-38-24(34)22-13-9-6-10-14-22)25(35)31(26(36)30-29)15-17-37-23(33)21-11-7-5-8-12-21/h5-14H,15-20H2,1-4H3,(H,30,36). The fraction of sp³-hybridized carbons (Fsp3) is 0.448. The van der Waals surface area contributed by atoms with Gasteiger partial charge in [-0.15, -0.1) is 0 Å². The first-order valence-electron chi connectivity index (χ1n) is 12.8. The van der Waals surface area contributed by atoms with Crippen molar-refractivity contribution in [3.63, 3.8) is 0 Å². The summed E-state index contributed by atoms with van der Waals surface area (Å²) < 4.78 is 10.8. The predicted octanol–water partition coefficient (Wildman–Crippen LogP) is 3.64. The minimum atomic E-state index is -1.06. The molecule has 3 amide bonds. The van der Waals surface area contributed by atoms with Gasteiger partial charge in [-0.25, -0.2) is 14.4 Å². The summed E-state index contributed by atoms with van der Waals surface area (Å²) in [5.41, 5.74) is -1.13. The van der Waals surface area contributed by atoms with Gasteiger partial charge < -0.3 is 14.8 Å². The highest BCUT2D eigenvalue weighted by Crippen LogP contribution is 2.45. The van der Waals surface area contributed by atoms with Crippen molar-refractivity contribution in [3.05, 3.63) is 71.8 Å². The molecule has 2 aromatic rings. The monoisotopic (exact) mass is 521 g/mol. The summed E-state index contributed by atoms with van der Waals surface area (Å²) in [6.07, 6.45) is 0.780. The minimum Gasteiger partial charge on any atom is -0.461 e. The van der Waals surface area contributed by atoms with Crippen molar-refractivity contribution in [2.45, 2.75) is 57.2 Å². The third-order valence-electron chi connectivity index (χ3n) is 7.29. The highest BCUT2D eigenvalue weighted by molar-refractivity contribution is 6.07. The Balaban J connectivity index is 1.37. The molecule has 1 N–H and O–H groups in total. The minimum absolute atomic E-state index is 0.0228. The van der Waals surface area contributed by atoms with E-state index in [9.17, 15) is 19.2 Å². The van der Waals surface area contributed by atoms with Crippen LogP contribution in [0.3, 0.4) is 0 Å². The number of carbonyl (C=O) groups is 4. The topological polar surface area (TPSA) is 105 Å². The Morgan fingerprint density at radius 2 is 1.21 bits per heavy atom. The first-order valence-corrected chi connectivity index (χ1v) is 12.8. The summed E-state index contributed by atoms with van der Waals surface area (Å²) in [5, 5.41) is 2.95. The van der Waals surface area contributed by atoms with E-state index in [1.807, 2.05) is 33.8 Å². The van der Waals surface area contributed by atoms with Gasteiger partial charge in [-0.2, -0.15) is 0 Å². The molecule has 2 fully saturated rings. The SMILES string of the molecule is CC1(C)CC2(CC(C)(C)N1CCOC(=O)c1ccccc1)NC(=O)N(CCOC(=O)c1ccccc1)C2=O. The van der Waals surface area contributed by atoms with Crippen molar-refractivity contribution in [2.24, 2.45) is 0 Å². The normalized spacial score (nSPS) is 19.7. The van der Waals surface area contributed by atoms with Crippen LogP contribution in [0.15, 0.2) is 60.7 Å². The van der Waals surface area contributed by atoms with E-state index in [0.717, 1.165) is 4.90 Å². The lowest BCUT2D eigenvalue weighted by Gasteiger charge is -2.57. The molecule has 2 aliphatic rings. The molecular weight excluding hydrogens is 486 g/mol. The van der Waals surface area contributed by atoms with Gasteiger partial charge in [0.2, 0.25) is 0 Å². The summed E-state index contributed by atoms with van der Waals surface area (Å²) in [6, 6.07) is 16.9. The van der Waals surface area contributed by atoms with Crippen LogP contribution in [0.5, 0.6) is 0 Å². The molecule has 2 aliphatic heterocycles. The molecule has 2 saturated heterocycles. The second kappa shape index (κ2) is 10.6. The lowest BCUT2D eigenvalue weighted by atomic mass is 9.69. The Kier molecular flexibility index (Phi) is 7.60. The zero-order valence-corrected chi connectivity index (χ0v) is 22.4. The van der Waals surface area contributed by atoms with Crippen LogP contribution in [0.4, 0.5) is 4.79 Å². The highest BCUT2D eigenvalue weighted by atomic mass is 16.5. The Hall–Kier alpha value is -3.72. The molecule has 0 aliphatic carbocycles. The molecule has 1 spiro atoms. The Labute approximate surface area is 223 Å². The number of carbonyl (C=O) groups excluding carboxylic acids is 4. The molecule has 202 valence electrons. The van der Waals surface area contributed by atoms with Crippen molar-refractivity contribution < 1.29 is 28.7 Å². The molecule has 0 unspecified atom stereocenters. The van der Waals surface area contributed by atoms with Gasteiger partial charge >= 0.3 is 18.0 Å². The van der Waals surface area contributed by atoms with Crippen molar-refractivity contribution in [1.82, 2.24) is 15.1 Å². The van der Waals surface area contributed by atoms with Crippen molar-refractivity contribution >= 4 is 23.9 Å². The fourth-order valence-electron chi connectivity index (χ4n) is 6.05. The van der Waals surface area contributed by atoms with Crippen LogP contribution in [0.1, 0.15) is 61.3 Å². The second-order valence-electron chi connectivity index (χ2n) is 11.1. The Bertz CT molecular complexity index is 1180. The van der Waals surface area contributed by atoms with Crippen LogP contribution >= 0.6 is 0 Å². The number of hydrogen-bond donors (Lipinski definition) is 1. The van der Waals surface area contributed by atoms with E-state index < -0.39 is 28.6 Å². The number of piperidine rings is 1. The van der Waals surface area contributed by atoms with Crippen LogP contribution in [-0.4, -0.2) is 76.6 Å². The number of nitrogens with one attached hydrogen (secondary N) is 1. The summed E-state index contributed by atoms with van der Waals surface area (Å²) in [7, 11) is 0. The van der Waals surface area contributed by atoms with Crippen LogP contribution in [-0.2, 0) is 14.3 Å². The van der Waals surface area contributed by atoms with E-state index in [1.54, 1.807) is 54.6 Å². The van der Waals surface area contributed by atoms with Gasteiger partial charge in [0.05, 0.1) is 17.7 Å². The quantitative estimate of drug-likeness (QED) is 0.418. The van der Waals surface area contributed by atoms with E-state index in [1.165, 1.54) is 0 Å². The maximum atomic E-state index is 13.6. The van der Waals surface area contributed by atoms with Crippen LogP contribution in [0.2, 0.25) is 0 Å². The van der Waals surface area contributed by atoms with Crippen molar-refractivity contribution in [1.29, 1.82) is 0 Å². The summed E-state index contributed by atoms with van der Waals surface area (Å²) in [4.78, 5) is 54.4. The predicted molar refractivity (Wildman–Crippen MR) is 141 cm³/mol. The maximum absolute atomic E-state index is 13.6. The number of likely N-dealkylation sites (tertiary alicyclic amines) is 1. The Morgan fingerprint density at radius 3 is 1.68 bits per heavy atom. The van der Waals surface area contributed by atoms with Gasteiger partial charge in [0.1, 0.15) is 18.8 Å². The summed E-state index contributed by atoms with van der Waals surface area (Å²) >= 11 is 0. The van der Waals surface area contributed by atoms with Gasteiger partial charge in [-0.1, -0.05) is 36.4 Å². The number of nitrogens with zero attached hydrogens (tertiary/aromatic N) is 2. The molecule has 0 radical (unpaired) electrons. The molecule has 2 heterocycles. The average molecular weight is 522 g/mol. The fourth-order valence-corrected chi connectivity index (χ4v) is 6.05. The largest absolute Gasteiger partial charge is 0.461 e. The molecule has 0 saturated carbocycles. The lowest BCUT2D eigenvalue weighted by Crippen LogP contribution is -2.70. The van der Waals surface area contributed by atoms with E-state index >= 15 is 0 Å². The first-order chi connectivity index (χ1) is 18.0. The Morgan fingerprint density at radius 1 is 0.763 bits per heavy atom. The average Bonchev–Trinajstić information content (AvgIpc) is 3.08. The maximum Gasteiger partial charge on any atom is 0.338 e. The number of hydrogen-bond acceptors (Lipinski definition) is 7. The van der Waals surface area contributed by atoms with Gasteiger partial charge in [0, 0.05) is 17.6 Å². The van der Waals surface area contributed by atoms with Gasteiger partial charge in [-0.3, -0.25) is 14.6 Å². The number of urea groups is 1. The van der Waals surface area contributed by atoms with Crippen LogP contribution < -0.4 is 5.32 Å². The third kappa shape index (κ3) is 5.57. The van der Waals surface area contributed by atoms with E-state index in [4.69, 9.17) is 9.47 Å². The molecule has 0 aromatic heterocycles. The summed E-state index contributed by atoms with van der Waals surface area (Å²) in [6.45, 7) is 8.68. The smallest absolute Gasteiger partial charge is 0.338 e. The van der Waals surface area contributed by atoms with Crippen LogP contribution in [0, 0.1) is 0 Å². The van der Waals surface area contributed by atoms with E-state index in [-0.39, 0.29) is 31.6 Å². The van der Waals surface area contributed by atoms with Crippen molar-refractivity contribution in [2.75, 3.05) is 26.3 Å². The number of rotatable bonds is 8. The zero-order chi connectivity index (χ0) is 27.6. The number of imide groups is 1.